The van der Waals surface area contributed by atoms with Gasteiger partial charge < -0.3 is 4.74 Å². The van der Waals surface area contributed by atoms with E-state index in [0.29, 0.717) is 17.7 Å². The van der Waals surface area contributed by atoms with E-state index in [4.69, 9.17) is 4.74 Å². The van der Waals surface area contributed by atoms with Gasteiger partial charge in [-0.1, -0.05) is 0 Å². The number of ether oxygens (including phenoxy) is 1. The molecule has 1 aromatic carbocycles. The van der Waals surface area contributed by atoms with E-state index >= 15 is 0 Å². The molecule has 19 heavy (non-hydrogen) atoms. The summed E-state index contributed by atoms with van der Waals surface area (Å²) in [5.74, 6) is 0.926. The molecule has 3 nitrogen and oxygen atoms in total. The van der Waals surface area contributed by atoms with E-state index in [1.165, 1.54) is 0 Å². The molecule has 1 aliphatic rings. The van der Waals surface area contributed by atoms with Crippen LogP contribution in [0.5, 0.6) is 5.75 Å². The third-order valence-electron chi connectivity index (χ3n) is 3.42. The second-order valence-electron chi connectivity index (χ2n) is 4.84. The molecule has 0 saturated carbocycles. The molecule has 0 saturated heterocycles. The Balaban J connectivity index is 2.00. The highest BCUT2D eigenvalue weighted by atomic mass is 16.5. The van der Waals surface area contributed by atoms with Crippen molar-refractivity contribution in [2.45, 2.75) is 20.3 Å². The lowest BCUT2D eigenvalue weighted by Gasteiger charge is -2.06. The first-order valence-corrected chi connectivity index (χ1v) is 6.40. The van der Waals surface area contributed by atoms with E-state index in [0.717, 1.165) is 29.1 Å². The maximum atomic E-state index is 12.5. The van der Waals surface area contributed by atoms with E-state index in [1.54, 1.807) is 0 Å². The van der Waals surface area contributed by atoms with Gasteiger partial charge >= 0.3 is 0 Å². The van der Waals surface area contributed by atoms with Crippen molar-refractivity contribution < 1.29 is 9.53 Å². The number of benzene rings is 1. The smallest absolute Gasteiger partial charge is 0.194 e. The Morgan fingerprint density at radius 2 is 2.05 bits per heavy atom. The van der Waals surface area contributed by atoms with Crippen LogP contribution in [0, 0.1) is 13.8 Å². The van der Waals surface area contributed by atoms with Crippen LogP contribution in [0.25, 0.3) is 0 Å². The highest BCUT2D eigenvalue weighted by Crippen LogP contribution is 2.27. The van der Waals surface area contributed by atoms with Crippen molar-refractivity contribution in [3.05, 3.63) is 58.4 Å². The topological polar surface area (TPSA) is 39.2 Å². The zero-order valence-corrected chi connectivity index (χ0v) is 11.1. The minimum absolute atomic E-state index is 0.0275. The van der Waals surface area contributed by atoms with Gasteiger partial charge in [0.2, 0.25) is 0 Å². The minimum Gasteiger partial charge on any atom is -0.493 e. The van der Waals surface area contributed by atoms with Gasteiger partial charge in [0.25, 0.3) is 0 Å². The Bertz CT molecular complexity index is 662. The number of carbonyl (C=O) groups excluding carboxylic acids is 1. The van der Waals surface area contributed by atoms with Gasteiger partial charge in [0, 0.05) is 28.9 Å². The predicted molar refractivity (Wildman–Crippen MR) is 72.8 cm³/mol. The maximum Gasteiger partial charge on any atom is 0.194 e. The van der Waals surface area contributed by atoms with Gasteiger partial charge in [-0.15, -0.1) is 0 Å². The third kappa shape index (κ3) is 2.12. The lowest BCUT2D eigenvalue weighted by atomic mass is 9.99. The Hall–Kier alpha value is -2.16. The first kappa shape index (κ1) is 11.9. The number of hydrogen-bond acceptors (Lipinski definition) is 3. The Morgan fingerprint density at radius 3 is 2.84 bits per heavy atom. The van der Waals surface area contributed by atoms with Crippen LogP contribution in [0.2, 0.25) is 0 Å². The van der Waals surface area contributed by atoms with Crippen LogP contribution in [0.4, 0.5) is 0 Å². The van der Waals surface area contributed by atoms with E-state index in [9.17, 15) is 4.79 Å². The van der Waals surface area contributed by atoms with Crippen LogP contribution in [-0.4, -0.2) is 17.4 Å². The van der Waals surface area contributed by atoms with E-state index in [1.807, 2.05) is 44.2 Å². The third-order valence-corrected chi connectivity index (χ3v) is 3.42. The van der Waals surface area contributed by atoms with Gasteiger partial charge in [-0.2, -0.15) is 0 Å². The molecule has 1 aliphatic heterocycles. The molecule has 0 aliphatic carbocycles. The fourth-order valence-corrected chi connectivity index (χ4v) is 2.41. The summed E-state index contributed by atoms with van der Waals surface area (Å²) >= 11 is 0. The van der Waals surface area contributed by atoms with Gasteiger partial charge in [-0.25, -0.2) is 0 Å². The molecule has 3 heteroatoms. The lowest BCUT2D eigenvalue weighted by Crippen LogP contribution is -2.06. The number of ketones is 1. The summed E-state index contributed by atoms with van der Waals surface area (Å²) in [4.78, 5) is 16.8. The monoisotopic (exact) mass is 253 g/mol. The average molecular weight is 253 g/mol. The van der Waals surface area contributed by atoms with Crippen molar-refractivity contribution >= 4 is 5.78 Å². The van der Waals surface area contributed by atoms with Crippen LogP contribution in [0.1, 0.15) is 32.9 Å². The molecule has 0 bridgehead atoms. The molecule has 0 N–H and O–H groups in total. The molecular formula is C16H15NO2. The molecule has 0 radical (unpaired) electrons. The molecule has 0 atom stereocenters. The summed E-state index contributed by atoms with van der Waals surface area (Å²) in [6.07, 6.45) is 0.877. The van der Waals surface area contributed by atoms with Crippen molar-refractivity contribution in [3.8, 4) is 5.75 Å². The molecular weight excluding hydrogens is 238 g/mol. The number of carbonyl (C=O) groups is 1. The molecule has 1 aromatic heterocycles. The van der Waals surface area contributed by atoms with Crippen molar-refractivity contribution in [3.63, 3.8) is 0 Å². The van der Waals surface area contributed by atoms with E-state index in [-0.39, 0.29) is 5.78 Å². The summed E-state index contributed by atoms with van der Waals surface area (Å²) in [5, 5.41) is 0. The number of aryl methyl sites for hydroxylation is 2. The largest absolute Gasteiger partial charge is 0.493 e. The molecule has 0 spiro atoms. The van der Waals surface area contributed by atoms with Gasteiger partial charge in [0.15, 0.2) is 5.78 Å². The molecule has 96 valence electrons. The Morgan fingerprint density at radius 1 is 1.21 bits per heavy atom. The van der Waals surface area contributed by atoms with E-state index < -0.39 is 0 Å². The second kappa shape index (κ2) is 4.50. The maximum absolute atomic E-state index is 12.5. The number of hydrogen-bond donors (Lipinski definition) is 0. The number of pyridine rings is 1. The lowest BCUT2D eigenvalue weighted by molar-refractivity contribution is 0.103. The summed E-state index contributed by atoms with van der Waals surface area (Å²) < 4.78 is 5.45. The molecule has 0 unspecified atom stereocenters. The van der Waals surface area contributed by atoms with Crippen LogP contribution in [-0.2, 0) is 6.42 Å². The Kier molecular flexibility index (Phi) is 2.82. The fraction of sp³-hybridized carbons (Fsp3) is 0.250. The zero-order valence-electron chi connectivity index (χ0n) is 11.1. The number of aromatic nitrogens is 1. The van der Waals surface area contributed by atoms with Crippen molar-refractivity contribution in [1.29, 1.82) is 0 Å². The van der Waals surface area contributed by atoms with Gasteiger partial charge in [0.05, 0.1) is 6.61 Å². The molecule has 2 aromatic rings. The Labute approximate surface area is 112 Å². The first-order chi connectivity index (χ1) is 9.15. The number of rotatable bonds is 2. The normalized spacial score (nSPS) is 12.9. The molecule has 2 heterocycles. The fourth-order valence-electron chi connectivity index (χ4n) is 2.41. The second-order valence-corrected chi connectivity index (χ2v) is 4.84. The zero-order chi connectivity index (χ0) is 13.4. The first-order valence-electron chi connectivity index (χ1n) is 6.40. The number of nitrogens with zero attached hydrogens (tertiary/aromatic N) is 1. The summed E-state index contributed by atoms with van der Waals surface area (Å²) in [6.45, 7) is 4.50. The summed E-state index contributed by atoms with van der Waals surface area (Å²) in [6, 6.07) is 9.36. The summed E-state index contributed by atoms with van der Waals surface area (Å²) in [7, 11) is 0. The van der Waals surface area contributed by atoms with Gasteiger partial charge in [-0.3, -0.25) is 9.78 Å². The average Bonchev–Trinajstić information content (AvgIpc) is 2.85. The van der Waals surface area contributed by atoms with Crippen LogP contribution >= 0.6 is 0 Å². The van der Waals surface area contributed by atoms with E-state index in [2.05, 4.69) is 4.98 Å². The minimum atomic E-state index is 0.0275. The highest BCUT2D eigenvalue weighted by Gasteiger charge is 2.17. The van der Waals surface area contributed by atoms with Crippen molar-refractivity contribution in [1.82, 2.24) is 4.98 Å². The van der Waals surface area contributed by atoms with Crippen LogP contribution < -0.4 is 4.74 Å². The molecule has 0 fully saturated rings. The van der Waals surface area contributed by atoms with Crippen LogP contribution in [0.3, 0.4) is 0 Å². The molecule has 3 rings (SSSR count). The molecule has 0 amide bonds. The van der Waals surface area contributed by atoms with Crippen LogP contribution in [0.15, 0.2) is 30.3 Å². The van der Waals surface area contributed by atoms with Crippen molar-refractivity contribution in [2.24, 2.45) is 0 Å². The SMILES string of the molecule is Cc1ccc(C(=O)c2ccc3c(c2)CCO3)c(C)n1. The quantitative estimate of drug-likeness (QED) is 0.772. The van der Waals surface area contributed by atoms with Gasteiger partial charge in [0.1, 0.15) is 5.75 Å². The summed E-state index contributed by atoms with van der Waals surface area (Å²) in [5.41, 5.74) is 4.20. The predicted octanol–water partition coefficient (Wildman–Crippen LogP) is 2.86. The number of fused-ring (bicyclic) bond motifs is 1. The highest BCUT2D eigenvalue weighted by molar-refractivity contribution is 6.09. The van der Waals surface area contributed by atoms with Gasteiger partial charge in [-0.05, 0) is 49.7 Å². The standard InChI is InChI=1S/C16H15NO2/c1-10-3-5-14(11(2)17-10)16(18)13-4-6-15-12(9-13)7-8-19-15/h3-6,9H,7-8H2,1-2H3. The van der Waals surface area contributed by atoms with Crippen molar-refractivity contribution in [2.75, 3.05) is 6.61 Å².